The summed E-state index contributed by atoms with van der Waals surface area (Å²) in [6.45, 7) is 21.7. The number of benzene rings is 3. The van der Waals surface area contributed by atoms with Crippen molar-refractivity contribution in [1.82, 2.24) is 14.7 Å². The number of ether oxygens (including phenoxy) is 12. The van der Waals surface area contributed by atoms with Gasteiger partial charge in [0.2, 0.25) is 0 Å². The largest absolute Gasteiger partial charge is 0.504 e. The number of rotatable bonds is 33. The minimum atomic E-state index is -1.02. The first kappa shape index (κ1) is 65.0. The molecule has 6 fully saturated rings. The molecule has 512 valence electrons. The second-order valence-corrected chi connectivity index (χ2v) is 28.7. The van der Waals surface area contributed by atoms with Crippen molar-refractivity contribution in [2.45, 2.75) is 165 Å². The first-order valence-electron chi connectivity index (χ1n) is 34.9. The Labute approximate surface area is 551 Å². The Morgan fingerprint density at radius 1 is 0.415 bits per heavy atom. The molecule has 3 saturated heterocycles. The highest BCUT2D eigenvalue weighted by Crippen LogP contribution is 2.69. The molecular formula is C73H97N3O18. The molecule has 6 bridgehead atoms. The lowest BCUT2D eigenvalue weighted by molar-refractivity contribution is -0.215. The van der Waals surface area contributed by atoms with E-state index in [1.807, 2.05) is 36.4 Å². The average Bonchev–Trinajstić information content (AvgIpc) is 1.42. The third-order valence-corrected chi connectivity index (χ3v) is 24.5. The number of nitrogens with zero attached hydrogens (tertiary/aromatic N) is 3. The Balaban J connectivity index is 0.512. The molecule has 3 aromatic rings. The molecule has 16 atom stereocenters. The standard InChI is InChI=1S/C73H97N3O18/c1-4-22-74-25-19-68-59-47-7-10-50(77)62(59)92-65(68)53(13-16-71(68,80)56(74)40-47)89-37-34-83-28-31-86-43-46(44-87-32-29-84-35-38-90-54-14-17-72(81)57-41-48-8-11-51(78)63-60(48)69(72,66(54)93-63)20-26-75(57)23-5-2)45-88-33-30-85-36-39-91-55-15-18-73(82)58-42-49-9-12-52(79)64-61(49)70(73,67(55)94-64)21-27-76(58)24-6-3/h4-12,46,53-58,65-67,77-82H,1-3,13-45H2/t46?,53-,54+,55?,56?,57?,58?,65+,66?,67?,68+,69+,70+,71-,72-,73-/m1/s1. The number of phenolic OH excluding ortho intramolecular Hbond substituents is 3. The summed E-state index contributed by atoms with van der Waals surface area (Å²) in [6, 6.07) is 10.9. The number of phenols is 3. The lowest BCUT2D eigenvalue weighted by Crippen LogP contribution is -2.77. The summed E-state index contributed by atoms with van der Waals surface area (Å²) < 4.78 is 76.4. The predicted octanol–water partition coefficient (Wildman–Crippen LogP) is 5.10. The van der Waals surface area contributed by atoms with Crippen LogP contribution in [0, 0.1) is 5.92 Å². The maximum absolute atomic E-state index is 12.7. The third-order valence-electron chi connectivity index (χ3n) is 24.5. The molecule has 7 unspecified atom stereocenters. The lowest BCUT2D eigenvalue weighted by atomic mass is 9.48. The fourth-order valence-electron chi connectivity index (χ4n) is 20.8. The Kier molecular flexibility index (Phi) is 18.0. The van der Waals surface area contributed by atoms with Crippen LogP contribution in [0.15, 0.2) is 74.4 Å². The van der Waals surface area contributed by atoms with Crippen molar-refractivity contribution in [2.24, 2.45) is 5.92 Å². The monoisotopic (exact) mass is 1300 g/mol. The van der Waals surface area contributed by atoms with Gasteiger partial charge < -0.3 is 87.5 Å². The van der Waals surface area contributed by atoms with Crippen LogP contribution < -0.4 is 14.2 Å². The van der Waals surface area contributed by atoms with E-state index in [-0.39, 0.29) is 59.6 Å². The summed E-state index contributed by atoms with van der Waals surface area (Å²) in [5, 5.41) is 71.3. The Hall–Kier alpha value is -4.92. The summed E-state index contributed by atoms with van der Waals surface area (Å²) in [7, 11) is 0. The van der Waals surface area contributed by atoms with Crippen molar-refractivity contribution in [3.8, 4) is 34.5 Å². The van der Waals surface area contributed by atoms with E-state index < -0.39 is 51.4 Å². The minimum absolute atomic E-state index is 0.0819. The molecule has 3 saturated carbocycles. The quantitative estimate of drug-likeness (QED) is 0.0344. The van der Waals surface area contributed by atoms with E-state index in [0.717, 1.165) is 53.0 Å². The summed E-state index contributed by atoms with van der Waals surface area (Å²) >= 11 is 0. The van der Waals surface area contributed by atoms with Crippen LogP contribution in [0.3, 0.4) is 0 Å². The van der Waals surface area contributed by atoms with Gasteiger partial charge in [-0.2, -0.15) is 0 Å². The molecule has 21 heteroatoms. The van der Waals surface area contributed by atoms with Gasteiger partial charge >= 0.3 is 0 Å². The molecule has 3 spiro atoms. The third kappa shape index (κ3) is 10.1. The second-order valence-electron chi connectivity index (χ2n) is 28.7. The van der Waals surface area contributed by atoms with Gasteiger partial charge in [0.1, 0.15) is 18.3 Å². The fourth-order valence-corrected chi connectivity index (χ4v) is 20.8. The highest BCUT2D eigenvalue weighted by Gasteiger charge is 2.76. The molecule has 12 aliphatic rings. The van der Waals surface area contributed by atoms with Crippen LogP contribution in [0.1, 0.15) is 91.2 Å². The van der Waals surface area contributed by atoms with Crippen LogP contribution in [0.5, 0.6) is 34.5 Å². The molecular weight excluding hydrogens is 1210 g/mol. The van der Waals surface area contributed by atoms with Crippen LogP contribution in [-0.2, 0) is 78.1 Å². The summed E-state index contributed by atoms with van der Waals surface area (Å²) in [5.41, 5.74) is 1.14. The molecule has 15 rings (SSSR count). The van der Waals surface area contributed by atoms with Crippen molar-refractivity contribution in [3.05, 3.63) is 108 Å². The van der Waals surface area contributed by atoms with Crippen LogP contribution in [0.4, 0.5) is 0 Å². The Morgan fingerprint density at radius 2 is 0.702 bits per heavy atom. The number of likely N-dealkylation sites (tertiary alicyclic amines) is 3. The summed E-state index contributed by atoms with van der Waals surface area (Å²) in [4.78, 5) is 7.04. The fraction of sp³-hybridized carbons (Fsp3) is 0.671. The summed E-state index contributed by atoms with van der Waals surface area (Å²) in [5.74, 6) is 1.68. The van der Waals surface area contributed by atoms with Gasteiger partial charge in [0.25, 0.3) is 0 Å². The van der Waals surface area contributed by atoms with Gasteiger partial charge in [-0.25, -0.2) is 0 Å². The molecule has 0 aromatic heterocycles. The van der Waals surface area contributed by atoms with E-state index in [1.54, 1.807) is 18.2 Å². The van der Waals surface area contributed by atoms with E-state index >= 15 is 0 Å². The minimum Gasteiger partial charge on any atom is -0.504 e. The van der Waals surface area contributed by atoms with Gasteiger partial charge in [0.15, 0.2) is 34.5 Å². The van der Waals surface area contributed by atoms with Gasteiger partial charge in [-0.15, -0.1) is 19.7 Å². The zero-order chi connectivity index (χ0) is 64.6. The Bertz CT molecular complexity index is 2960. The number of piperidine rings is 3. The van der Waals surface area contributed by atoms with Crippen molar-refractivity contribution < 1.29 is 87.5 Å². The highest BCUT2D eigenvalue weighted by molar-refractivity contribution is 5.65. The van der Waals surface area contributed by atoms with Gasteiger partial charge in [-0.3, -0.25) is 14.7 Å². The first-order chi connectivity index (χ1) is 45.8. The number of hydrogen-bond donors (Lipinski definition) is 6. The lowest BCUT2D eigenvalue weighted by Gasteiger charge is -2.64. The molecule has 6 aliphatic heterocycles. The topological polar surface area (TPSA) is 242 Å². The zero-order valence-corrected chi connectivity index (χ0v) is 54.3. The number of hydrogen-bond acceptors (Lipinski definition) is 21. The van der Waals surface area contributed by atoms with Crippen LogP contribution in [0.2, 0.25) is 0 Å². The van der Waals surface area contributed by atoms with E-state index in [2.05, 4.69) is 34.4 Å². The molecule has 21 nitrogen and oxygen atoms in total. The highest BCUT2D eigenvalue weighted by atomic mass is 16.6. The normalized spacial score (nSPS) is 36.0. The van der Waals surface area contributed by atoms with Gasteiger partial charge in [0, 0.05) is 60.4 Å². The average molecular weight is 1300 g/mol. The molecule has 0 radical (unpaired) electrons. The van der Waals surface area contributed by atoms with Gasteiger partial charge in [-0.05, 0) is 132 Å². The van der Waals surface area contributed by atoms with Crippen molar-refractivity contribution in [3.63, 3.8) is 0 Å². The van der Waals surface area contributed by atoms with E-state index in [1.165, 1.54) is 0 Å². The smallest absolute Gasteiger partial charge is 0.165 e. The molecule has 6 N–H and O–H groups in total. The van der Waals surface area contributed by atoms with E-state index in [0.29, 0.717) is 213 Å². The molecule has 0 amide bonds. The van der Waals surface area contributed by atoms with Crippen molar-refractivity contribution in [1.29, 1.82) is 0 Å². The second kappa shape index (κ2) is 26.1. The Morgan fingerprint density at radius 3 is 1.00 bits per heavy atom. The van der Waals surface area contributed by atoms with Crippen LogP contribution >= 0.6 is 0 Å². The zero-order valence-electron chi connectivity index (χ0n) is 54.3. The van der Waals surface area contributed by atoms with Crippen LogP contribution in [0.25, 0.3) is 0 Å². The number of aromatic hydroxyl groups is 3. The number of aliphatic hydroxyl groups is 3. The van der Waals surface area contributed by atoms with E-state index in [4.69, 9.17) is 56.8 Å². The maximum Gasteiger partial charge on any atom is 0.165 e. The summed E-state index contributed by atoms with van der Waals surface area (Å²) in [6.07, 6.45) is 11.3. The predicted molar refractivity (Wildman–Crippen MR) is 344 cm³/mol. The van der Waals surface area contributed by atoms with Crippen LogP contribution in [-0.4, -0.2) is 255 Å². The van der Waals surface area contributed by atoms with E-state index in [9.17, 15) is 30.6 Å². The first-order valence-corrected chi connectivity index (χ1v) is 34.9. The van der Waals surface area contributed by atoms with Gasteiger partial charge in [-0.1, -0.05) is 36.4 Å². The molecule has 6 heterocycles. The molecule has 94 heavy (non-hydrogen) atoms. The molecule has 6 aliphatic carbocycles. The van der Waals surface area contributed by atoms with Crippen molar-refractivity contribution in [2.75, 3.05) is 138 Å². The molecule has 3 aromatic carbocycles. The maximum atomic E-state index is 12.7. The van der Waals surface area contributed by atoms with Gasteiger partial charge in [0.05, 0.1) is 150 Å². The van der Waals surface area contributed by atoms with Crippen molar-refractivity contribution >= 4 is 0 Å². The SMILES string of the molecule is C=CCN1CC[C@]23c4c5ccc(O)c4OC2C(OCCOCCOCC(COCCOCCO[C@H]2CC[C@@]4(O)C6Cc7ccc(O)c8c7[C@@]4(CCN6CC=C)C2O8)COCCOCCO[C@@H]2CC[C@@]4(O)C6Cc7ccc(O)c8c7[C@@]4(CCN6CC=C)[C@H]2O8)CC[C@@]3(O)C1C5.